The van der Waals surface area contributed by atoms with Crippen LogP contribution in [-0.4, -0.2) is 33.5 Å². The first-order chi connectivity index (χ1) is 9.54. The fourth-order valence-corrected chi connectivity index (χ4v) is 1.46. The van der Waals surface area contributed by atoms with Gasteiger partial charge in [-0.1, -0.05) is 0 Å². The van der Waals surface area contributed by atoms with E-state index < -0.39 is 5.91 Å². The molecule has 2 amide bonds. The number of nitrogen functional groups attached to an aromatic ring is 1. The maximum atomic E-state index is 11.7. The number of nitrogens with one attached hydrogen (secondary N) is 3. The number of aromatic amines is 1. The molecule has 0 aliphatic heterocycles. The van der Waals surface area contributed by atoms with Crippen molar-refractivity contribution in [3.63, 3.8) is 0 Å². The van der Waals surface area contributed by atoms with Crippen molar-refractivity contribution in [3.05, 3.63) is 35.7 Å². The van der Waals surface area contributed by atoms with Crippen molar-refractivity contribution in [1.82, 2.24) is 20.5 Å². The molecule has 8 nitrogen and oxygen atoms in total. The Morgan fingerprint density at radius 1 is 1.30 bits per heavy atom. The maximum absolute atomic E-state index is 11.7. The molecule has 0 saturated carbocycles. The summed E-state index contributed by atoms with van der Waals surface area (Å²) >= 11 is 0. The van der Waals surface area contributed by atoms with Crippen molar-refractivity contribution in [3.8, 4) is 0 Å². The molecule has 5 N–H and O–H groups in total. The van der Waals surface area contributed by atoms with Crippen LogP contribution in [0.4, 0.5) is 11.6 Å². The number of benzene rings is 1. The van der Waals surface area contributed by atoms with Crippen LogP contribution in [0.3, 0.4) is 0 Å². The van der Waals surface area contributed by atoms with E-state index in [2.05, 4.69) is 25.8 Å². The number of carbonyl (C=O) groups excluding carboxylic acids is 2. The second kappa shape index (κ2) is 5.83. The molecule has 0 aliphatic rings. The summed E-state index contributed by atoms with van der Waals surface area (Å²) in [5.41, 5.74) is 6.52. The van der Waals surface area contributed by atoms with E-state index in [0.717, 1.165) is 0 Å². The predicted molar refractivity (Wildman–Crippen MR) is 72.9 cm³/mol. The summed E-state index contributed by atoms with van der Waals surface area (Å²) in [7, 11) is 0. The number of amides is 2. The first kappa shape index (κ1) is 13.5. The van der Waals surface area contributed by atoms with E-state index >= 15 is 0 Å². The van der Waals surface area contributed by atoms with Crippen molar-refractivity contribution in [1.29, 1.82) is 0 Å². The van der Waals surface area contributed by atoms with Crippen LogP contribution in [0.1, 0.15) is 16.2 Å². The fraction of sp³-hybridized carbons (Fsp3) is 0.167. The zero-order valence-corrected chi connectivity index (χ0v) is 10.8. The highest BCUT2D eigenvalue weighted by Gasteiger charge is 2.09. The molecule has 8 heteroatoms. The van der Waals surface area contributed by atoms with Crippen molar-refractivity contribution >= 4 is 23.5 Å². The van der Waals surface area contributed by atoms with Gasteiger partial charge in [-0.15, -0.1) is 5.10 Å². The summed E-state index contributed by atoms with van der Waals surface area (Å²) in [6.07, 6.45) is 0. The number of H-pyrrole nitrogens is 1. The van der Waals surface area contributed by atoms with E-state index in [4.69, 9.17) is 5.73 Å². The average Bonchev–Trinajstić information content (AvgIpc) is 2.82. The topological polar surface area (TPSA) is 126 Å². The second-order valence-corrected chi connectivity index (χ2v) is 4.10. The quantitative estimate of drug-likeness (QED) is 0.587. The number of rotatable bonds is 4. The van der Waals surface area contributed by atoms with E-state index in [1.807, 2.05) is 0 Å². The van der Waals surface area contributed by atoms with E-state index in [1.165, 1.54) is 0 Å². The lowest BCUT2D eigenvalue weighted by atomic mass is 10.2. The summed E-state index contributed by atoms with van der Waals surface area (Å²) in [6.45, 7) is 1.54. The first-order valence-corrected chi connectivity index (χ1v) is 5.87. The van der Waals surface area contributed by atoms with Gasteiger partial charge in [0.25, 0.3) is 5.91 Å². The number of carbonyl (C=O) groups is 2. The minimum Gasteiger partial charge on any atom is -0.399 e. The SMILES string of the molecule is Cc1nc(NC(=O)CNC(=O)c2ccc(N)cc2)n[nH]1. The highest BCUT2D eigenvalue weighted by molar-refractivity contribution is 5.98. The molecule has 0 bridgehead atoms. The zero-order valence-electron chi connectivity index (χ0n) is 10.8. The van der Waals surface area contributed by atoms with Crippen LogP contribution in [0.2, 0.25) is 0 Å². The largest absolute Gasteiger partial charge is 0.399 e. The molecule has 0 unspecified atom stereocenters. The molecule has 0 saturated heterocycles. The molecule has 0 atom stereocenters. The second-order valence-electron chi connectivity index (χ2n) is 4.10. The Morgan fingerprint density at radius 3 is 2.60 bits per heavy atom. The Labute approximate surface area is 114 Å². The Kier molecular flexibility index (Phi) is 3.94. The molecular weight excluding hydrogens is 260 g/mol. The van der Waals surface area contributed by atoms with Crippen molar-refractivity contribution in [2.24, 2.45) is 0 Å². The molecule has 2 aromatic rings. The molecule has 0 radical (unpaired) electrons. The van der Waals surface area contributed by atoms with Gasteiger partial charge in [-0.05, 0) is 31.2 Å². The first-order valence-electron chi connectivity index (χ1n) is 5.87. The van der Waals surface area contributed by atoms with Gasteiger partial charge in [0.15, 0.2) is 0 Å². The third kappa shape index (κ3) is 3.55. The van der Waals surface area contributed by atoms with Gasteiger partial charge in [-0.25, -0.2) is 0 Å². The highest BCUT2D eigenvalue weighted by Crippen LogP contribution is 2.05. The van der Waals surface area contributed by atoms with Gasteiger partial charge >= 0.3 is 0 Å². The lowest BCUT2D eigenvalue weighted by molar-refractivity contribution is -0.115. The fourth-order valence-electron chi connectivity index (χ4n) is 1.46. The van der Waals surface area contributed by atoms with Gasteiger partial charge in [0.05, 0.1) is 6.54 Å². The molecular formula is C12H14N6O2. The van der Waals surface area contributed by atoms with Gasteiger partial charge < -0.3 is 11.1 Å². The molecule has 0 aliphatic carbocycles. The summed E-state index contributed by atoms with van der Waals surface area (Å²) in [4.78, 5) is 27.2. The van der Waals surface area contributed by atoms with Crippen molar-refractivity contribution < 1.29 is 9.59 Å². The van der Waals surface area contributed by atoms with Crippen LogP contribution >= 0.6 is 0 Å². The minimum atomic E-state index is -0.409. The smallest absolute Gasteiger partial charge is 0.251 e. The van der Waals surface area contributed by atoms with Gasteiger partial charge in [-0.2, -0.15) is 4.98 Å². The number of aromatic nitrogens is 3. The summed E-state index contributed by atoms with van der Waals surface area (Å²) in [6, 6.07) is 6.40. The summed E-state index contributed by atoms with van der Waals surface area (Å²) < 4.78 is 0. The molecule has 104 valence electrons. The van der Waals surface area contributed by atoms with Crippen LogP contribution in [0.15, 0.2) is 24.3 Å². The molecule has 2 rings (SSSR count). The minimum absolute atomic E-state index is 0.170. The lowest BCUT2D eigenvalue weighted by Crippen LogP contribution is -2.33. The predicted octanol–water partition coefficient (Wildman–Crippen LogP) is 0.0638. The standard InChI is InChI=1S/C12H14N6O2/c1-7-15-12(18-17-7)16-10(19)6-14-11(20)8-2-4-9(13)5-3-8/h2-5H,6,13H2,1H3,(H,14,20)(H2,15,16,17,18,19). The monoisotopic (exact) mass is 274 g/mol. The van der Waals surface area contributed by atoms with Crippen molar-refractivity contribution in [2.75, 3.05) is 17.6 Å². The maximum Gasteiger partial charge on any atom is 0.251 e. The number of hydrogen-bond acceptors (Lipinski definition) is 5. The summed E-state index contributed by atoms with van der Waals surface area (Å²) in [5.74, 6) is -0.000411. The molecule has 1 aromatic carbocycles. The number of aryl methyl sites for hydroxylation is 1. The van der Waals surface area contributed by atoms with E-state index in [0.29, 0.717) is 17.1 Å². The lowest BCUT2D eigenvalue weighted by Gasteiger charge is -2.05. The van der Waals surface area contributed by atoms with Gasteiger partial charge in [-0.3, -0.25) is 20.0 Å². The van der Waals surface area contributed by atoms with Crippen LogP contribution in [0.5, 0.6) is 0 Å². The zero-order chi connectivity index (χ0) is 14.5. The van der Waals surface area contributed by atoms with Crippen LogP contribution in [-0.2, 0) is 4.79 Å². The molecule has 1 heterocycles. The molecule has 0 spiro atoms. The molecule has 20 heavy (non-hydrogen) atoms. The van der Waals surface area contributed by atoms with Crippen LogP contribution in [0, 0.1) is 6.92 Å². The number of anilines is 2. The normalized spacial score (nSPS) is 10.1. The van der Waals surface area contributed by atoms with Crippen LogP contribution < -0.4 is 16.4 Å². The van der Waals surface area contributed by atoms with Crippen LogP contribution in [0.25, 0.3) is 0 Å². The molecule has 0 fully saturated rings. The number of nitrogens with two attached hydrogens (primary N) is 1. The molecule has 1 aromatic heterocycles. The highest BCUT2D eigenvalue weighted by atomic mass is 16.2. The van der Waals surface area contributed by atoms with Gasteiger partial charge in [0.2, 0.25) is 11.9 Å². The Morgan fingerprint density at radius 2 is 2.00 bits per heavy atom. The van der Waals surface area contributed by atoms with E-state index in [9.17, 15) is 9.59 Å². The van der Waals surface area contributed by atoms with Crippen molar-refractivity contribution in [2.45, 2.75) is 6.92 Å². The number of hydrogen-bond donors (Lipinski definition) is 4. The Hall–Kier alpha value is -2.90. The number of nitrogens with zero attached hydrogens (tertiary/aromatic N) is 2. The Bertz CT molecular complexity index is 619. The van der Waals surface area contributed by atoms with Gasteiger partial charge in [0, 0.05) is 11.3 Å². The summed E-state index contributed by atoms with van der Waals surface area (Å²) in [5, 5.41) is 11.3. The third-order valence-electron chi connectivity index (χ3n) is 2.43. The van der Waals surface area contributed by atoms with E-state index in [-0.39, 0.29) is 18.4 Å². The third-order valence-corrected chi connectivity index (χ3v) is 2.43. The van der Waals surface area contributed by atoms with E-state index in [1.54, 1.807) is 31.2 Å². The Balaban J connectivity index is 1.84. The van der Waals surface area contributed by atoms with Gasteiger partial charge in [0.1, 0.15) is 5.82 Å². The average molecular weight is 274 g/mol.